The zero-order valence-corrected chi connectivity index (χ0v) is 14.2. The van der Waals surface area contributed by atoms with E-state index in [4.69, 9.17) is 27.9 Å². The molecule has 2 unspecified atom stereocenters. The molecule has 0 aliphatic carbocycles. The first-order valence-electron chi connectivity index (χ1n) is 6.42. The maximum Gasteiger partial charge on any atom is 0.227 e. The van der Waals surface area contributed by atoms with Crippen LogP contribution in [0.5, 0.6) is 0 Å². The number of alkyl halides is 1. The Labute approximate surface area is 137 Å². The van der Waals surface area contributed by atoms with Crippen LogP contribution in [-0.2, 0) is 16.0 Å². The number of ether oxygens (including phenoxy) is 1. The van der Waals surface area contributed by atoms with Crippen molar-refractivity contribution in [2.75, 3.05) is 18.5 Å². The topological polar surface area (TPSA) is 29.5 Å². The van der Waals surface area contributed by atoms with Crippen molar-refractivity contribution in [3.63, 3.8) is 0 Å². The number of hydrogen-bond donors (Lipinski definition) is 0. The Hall–Kier alpha value is -0.290. The van der Waals surface area contributed by atoms with Crippen molar-refractivity contribution in [2.24, 2.45) is 0 Å². The molecule has 1 aromatic carbocycles. The van der Waals surface area contributed by atoms with Gasteiger partial charge in [0.1, 0.15) is 0 Å². The minimum Gasteiger partial charge on any atom is -0.373 e. The maximum absolute atomic E-state index is 12.4. The molecule has 0 radical (unpaired) electrons. The van der Waals surface area contributed by atoms with E-state index in [1.165, 1.54) is 0 Å². The van der Waals surface area contributed by atoms with E-state index in [0.29, 0.717) is 29.6 Å². The molecule has 1 aromatic rings. The van der Waals surface area contributed by atoms with Gasteiger partial charge >= 0.3 is 0 Å². The van der Waals surface area contributed by atoms with Gasteiger partial charge in [-0.15, -0.1) is 0 Å². The third-order valence-corrected chi connectivity index (χ3v) is 4.80. The Bertz CT molecular complexity index is 498. The van der Waals surface area contributed by atoms with Crippen molar-refractivity contribution in [1.82, 2.24) is 4.90 Å². The Balaban J connectivity index is 2.04. The van der Waals surface area contributed by atoms with Crippen LogP contribution in [0.4, 0.5) is 0 Å². The minimum absolute atomic E-state index is 0.0592. The van der Waals surface area contributed by atoms with Gasteiger partial charge in [-0.2, -0.15) is 0 Å². The fourth-order valence-electron chi connectivity index (χ4n) is 2.18. The summed E-state index contributed by atoms with van der Waals surface area (Å²) in [7, 11) is 0. The Kier molecular flexibility index (Phi) is 5.73. The van der Waals surface area contributed by atoms with Crippen LogP contribution in [0.1, 0.15) is 12.5 Å². The molecular formula is C14H16BrCl2NO2. The van der Waals surface area contributed by atoms with Crippen LogP contribution in [0.15, 0.2) is 18.2 Å². The zero-order valence-electron chi connectivity index (χ0n) is 11.1. The van der Waals surface area contributed by atoms with E-state index in [1.807, 2.05) is 17.9 Å². The summed E-state index contributed by atoms with van der Waals surface area (Å²) in [6, 6.07) is 5.39. The first kappa shape index (κ1) is 16.1. The molecule has 20 heavy (non-hydrogen) atoms. The van der Waals surface area contributed by atoms with Crippen molar-refractivity contribution in [2.45, 2.75) is 25.5 Å². The lowest BCUT2D eigenvalue weighted by molar-refractivity contribution is -0.142. The first-order valence-corrected chi connectivity index (χ1v) is 8.30. The molecule has 1 heterocycles. The van der Waals surface area contributed by atoms with Crippen LogP contribution in [0, 0.1) is 0 Å². The number of halogens is 3. The second kappa shape index (κ2) is 7.12. The largest absolute Gasteiger partial charge is 0.373 e. The van der Waals surface area contributed by atoms with Crippen LogP contribution in [0.3, 0.4) is 0 Å². The van der Waals surface area contributed by atoms with Gasteiger partial charge in [0.2, 0.25) is 5.91 Å². The van der Waals surface area contributed by atoms with Gasteiger partial charge in [-0.3, -0.25) is 4.79 Å². The number of rotatable bonds is 3. The van der Waals surface area contributed by atoms with Crippen molar-refractivity contribution in [1.29, 1.82) is 0 Å². The summed E-state index contributed by atoms with van der Waals surface area (Å²) in [5.74, 6) is 0.0881. The average Bonchev–Trinajstić information content (AvgIpc) is 2.43. The predicted octanol–water partition coefficient (Wildman–Crippen LogP) is 3.55. The molecule has 110 valence electrons. The first-order chi connectivity index (χ1) is 9.51. The summed E-state index contributed by atoms with van der Waals surface area (Å²) in [6.45, 7) is 3.19. The third kappa shape index (κ3) is 3.88. The van der Waals surface area contributed by atoms with Gasteiger partial charge in [-0.25, -0.2) is 0 Å². The highest BCUT2D eigenvalue weighted by Gasteiger charge is 2.28. The van der Waals surface area contributed by atoms with Gasteiger partial charge in [-0.05, 0) is 24.6 Å². The standard InChI is InChI=1S/C14H16BrCl2NO2/c1-9-8-20-11(6-15)7-18(9)14(19)5-10-2-3-12(16)13(17)4-10/h2-4,9,11H,5-8H2,1H3. The van der Waals surface area contributed by atoms with Crippen LogP contribution >= 0.6 is 39.1 Å². The van der Waals surface area contributed by atoms with Gasteiger partial charge in [-0.1, -0.05) is 45.2 Å². The van der Waals surface area contributed by atoms with Crippen molar-refractivity contribution in [3.8, 4) is 0 Å². The fourth-order valence-corrected chi connectivity index (χ4v) is 2.90. The van der Waals surface area contributed by atoms with Crippen LogP contribution in [-0.4, -0.2) is 41.4 Å². The smallest absolute Gasteiger partial charge is 0.227 e. The summed E-state index contributed by atoms with van der Waals surface area (Å²) in [5, 5.41) is 1.71. The third-order valence-electron chi connectivity index (χ3n) is 3.34. The molecule has 1 aliphatic rings. The molecule has 0 bridgehead atoms. The van der Waals surface area contributed by atoms with Crippen LogP contribution < -0.4 is 0 Å². The van der Waals surface area contributed by atoms with Gasteiger partial charge in [0, 0.05) is 11.9 Å². The number of carbonyl (C=O) groups excluding carboxylic acids is 1. The summed E-state index contributed by atoms with van der Waals surface area (Å²) >= 11 is 15.2. The molecule has 1 aliphatic heterocycles. The lowest BCUT2D eigenvalue weighted by Gasteiger charge is -2.37. The summed E-state index contributed by atoms with van der Waals surface area (Å²) in [4.78, 5) is 14.3. The molecule has 2 rings (SSSR count). The molecule has 2 atom stereocenters. The molecule has 0 aromatic heterocycles. The predicted molar refractivity (Wildman–Crippen MR) is 84.9 cm³/mol. The van der Waals surface area contributed by atoms with Crippen LogP contribution in [0.2, 0.25) is 10.0 Å². The molecule has 0 saturated carbocycles. The number of hydrogen-bond acceptors (Lipinski definition) is 2. The highest BCUT2D eigenvalue weighted by atomic mass is 79.9. The lowest BCUT2D eigenvalue weighted by atomic mass is 10.1. The highest BCUT2D eigenvalue weighted by Crippen LogP contribution is 2.23. The van der Waals surface area contributed by atoms with Gasteiger partial charge in [0.15, 0.2) is 0 Å². The summed E-state index contributed by atoms with van der Waals surface area (Å²) in [6.07, 6.45) is 0.389. The number of morpholine rings is 1. The molecule has 1 amide bonds. The van der Waals surface area contributed by atoms with E-state index in [1.54, 1.807) is 12.1 Å². The Morgan fingerprint density at radius 2 is 2.20 bits per heavy atom. The molecule has 1 fully saturated rings. The minimum atomic E-state index is 0.0592. The van der Waals surface area contributed by atoms with Crippen molar-refractivity contribution < 1.29 is 9.53 Å². The Morgan fingerprint density at radius 1 is 1.45 bits per heavy atom. The van der Waals surface area contributed by atoms with E-state index in [0.717, 1.165) is 10.9 Å². The highest BCUT2D eigenvalue weighted by molar-refractivity contribution is 9.09. The number of nitrogens with zero attached hydrogens (tertiary/aromatic N) is 1. The summed E-state index contributed by atoms with van der Waals surface area (Å²) < 4.78 is 5.63. The lowest BCUT2D eigenvalue weighted by Crippen LogP contribution is -2.52. The fraction of sp³-hybridized carbons (Fsp3) is 0.500. The molecule has 3 nitrogen and oxygen atoms in total. The normalized spacial score (nSPS) is 22.9. The number of carbonyl (C=O) groups is 1. The SMILES string of the molecule is CC1COC(CBr)CN1C(=O)Cc1ccc(Cl)c(Cl)c1. The monoisotopic (exact) mass is 379 g/mol. The maximum atomic E-state index is 12.4. The second-order valence-corrected chi connectivity index (χ2v) is 6.39. The molecular weight excluding hydrogens is 365 g/mol. The van der Waals surface area contributed by atoms with Crippen molar-refractivity contribution in [3.05, 3.63) is 33.8 Å². The quantitative estimate of drug-likeness (QED) is 0.750. The molecule has 0 spiro atoms. The van der Waals surface area contributed by atoms with E-state index in [9.17, 15) is 4.79 Å². The van der Waals surface area contributed by atoms with Crippen molar-refractivity contribution >= 4 is 45.0 Å². The Morgan fingerprint density at radius 3 is 2.85 bits per heavy atom. The average molecular weight is 381 g/mol. The molecule has 1 saturated heterocycles. The number of benzene rings is 1. The van der Waals surface area contributed by atoms with E-state index >= 15 is 0 Å². The second-order valence-electron chi connectivity index (χ2n) is 4.93. The molecule has 0 N–H and O–H groups in total. The van der Waals surface area contributed by atoms with Gasteiger partial charge in [0.05, 0.1) is 35.2 Å². The zero-order chi connectivity index (χ0) is 14.7. The van der Waals surface area contributed by atoms with E-state index in [2.05, 4.69) is 15.9 Å². The molecule has 6 heteroatoms. The van der Waals surface area contributed by atoms with Crippen LogP contribution in [0.25, 0.3) is 0 Å². The van der Waals surface area contributed by atoms with E-state index in [-0.39, 0.29) is 18.1 Å². The summed E-state index contributed by atoms with van der Waals surface area (Å²) in [5.41, 5.74) is 0.874. The number of amides is 1. The van der Waals surface area contributed by atoms with Gasteiger partial charge in [0.25, 0.3) is 0 Å². The van der Waals surface area contributed by atoms with Gasteiger partial charge < -0.3 is 9.64 Å². The van der Waals surface area contributed by atoms with E-state index < -0.39 is 0 Å².